The summed E-state index contributed by atoms with van der Waals surface area (Å²) >= 11 is 0. The molecule has 0 saturated heterocycles. The minimum Gasteiger partial charge on any atom is -0.385 e. The van der Waals surface area contributed by atoms with Gasteiger partial charge in [-0.25, -0.2) is 0 Å². The molecule has 2 rings (SSSR count). The summed E-state index contributed by atoms with van der Waals surface area (Å²) in [6, 6.07) is 17.5. The zero-order chi connectivity index (χ0) is 16.4. The maximum Gasteiger partial charge on any atom is 0.655 e. The molecule has 0 aromatic heterocycles. The van der Waals surface area contributed by atoms with Gasteiger partial charge in [0.25, 0.3) is 0 Å². The highest BCUT2D eigenvalue weighted by molar-refractivity contribution is 7.49. The van der Waals surface area contributed by atoms with Crippen molar-refractivity contribution in [1.82, 2.24) is 0 Å². The topological polar surface area (TPSA) is 44.8 Å². The Kier molecular flexibility index (Phi) is 6.59. The number of phosphoric acid groups is 1. The van der Waals surface area contributed by atoms with Crippen LogP contribution in [-0.4, -0.2) is 0 Å². The Morgan fingerprint density at radius 3 is 1.91 bits per heavy atom. The van der Waals surface area contributed by atoms with Crippen LogP contribution in [0.25, 0.3) is 0 Å². The minimum absolute atomic E-state index is 0.391. The van der Waals surface area contributed by atoms with E-state index in [1.807, 2.05) is 12.1 Å². The second kappa shape index (κ2) is 8.92. The van der Waals surface area contributed by atoms with Crippen LogP contribution < -0.4 is 9.05 Å². The van der Waals surface area contributed by atoms with Crippen molar-refractivity contribution in [2.45, 2.75) is 26.2 Å². The van der Waals surface area contributed by atoms with Gasteiger partial charge in [0.05, 0.1) is 0 Å². The van der Waals surface area contributed by atoms with Crippen LogP contribution in [0.3, 0.4) is 0 Å². The predicted molar refractivity (Wildman–Crippen MR) is 90.1 cm³/mol. The van der Waals surface area contributed by atoms with Crippen LogP contribution in [0.1, 0.15) is 26.2 Å². The first-order chi connectivity index (χ1) is 11.2. The fraction of sp³-hybridized carbons (Fsp3) is 0.222. The van der Waals surface area contributed by atoms with Crippen molar-refractivity contribution in [2.75, 3.05) is 0 Å². The second-order valence-corrected chi connectivity index (χ2v) is 6.17. The van der Waals surface area contributed by atoms with Crippen LogP contribution in [0.5, 0.6) is 11.5 Å². The fourth-order valence-corrected chi connectivity index (χ4v) is 2.73. The van der Waals surface area contributed by atoms with Gasteiger partial charge >= 0.3 is 7.82 Å². The van der Waals surface area contributed by atoms with Gasteiger partial charge in [0, 0.05) is 6.42 Å². The summed E-state index contributed by atoms with van der Waals surface area (Å²) < 4.78 is 28.8. The van der Waals surface area contributed by atoms with E-state index in [1.54, 1.807) is 48.5 Å². The fourth-order valence-electron chi connectivity index (χ4n) is 1.68. The van der Waals surface area contributed by atoms with Gasteiger partial charge in [-0.15, -0.1) is 0 Å². The van der Waals surface area contributed by atoms with Crippen LogP contribution in [0.4, 0.5) is 0 Å². The highest BCUT2D eigenvalue weighted by Crippen LogP contribution is 2.49. The zero-order valence-corrected chi connectivity index (χ0v) is 13.9. The summed E-state index contributed by atoms with van der Waals surface area (Å²) in [5, 5.41) is 0. The molecule has 0 saturated carbocycles. The number of para-hydroxylation sites is 2. The molecule has 0 unspecified atom stereocenters. The van der Waals surface area contributed by atoms with E-state index in [9.17, 15) is 4.57 Å². The number of benzene rings is 2. The van der Waals surface area contributed by atoms with Crippen LogP contribution in [-0.2, 0) is 9.09 Å². The standard InChI is InChI=1S/C18H19O4P/c1-2-3-4-11-16-20-23(19,21-17-12-7-5-8-13-17)22-18-14-9-6-10-15-18/h5-10,12-15H,2-4H2,1H3. The first-order valence-electron chi connectivity index (χ1n) is 7.47. The van der Waals surface area contributed by atoms with Crippen LogP contribution in [0.15, 0.2) is 60.7 Å². The molecule has 2 aromatic carbocycles. The molecule has 0 bridgehead atoms. The van der Waals surface area contributed by atoms with Crippen molar-refractivity contribution >= 4 is 7.82 Å². The quantitative estimate of drug-likeness (QED) is 0.386. The summed E-state index contributed by atoms with van der Waals surface area (Å²) in [5.74, 6) is 3.59. The molecular formula is C18H19O4P. The van der Waals surface area contributed by atoms with Gasteiger partial charge in [-0.1, -0.05) is 55.7 Å². The lowest BCUT2D eigenvalue weighted by atomic mass is 10.3. The first-order valence-corrected chi connectivity index (χ1v) is 8.94. The predicted octanol–water partition coefficient (Wildman–Crippen LogP) is 5.42. The molecule has 0 radical (unpaired) electrons. The molecule has 0 aliphatic rings. The largest absolute Gasteiger partial charge is 0.655 e. The van der Waals surface area contributed by atoms with Crippen molar-refractivity contribution in [1.29, 1.82) is 0 Å². The third kappa shape index (κ3) is 6.10. The van der Waals surface area contributed by atoms with Crippen molar-refractivity contribution in [3.05, 3.63) is 60.7 Å². The normalized spacial score (nSPS) is 10.3. The molecule has 0 fully saturated rings. The lowest BCUT2D eigenvalue weighted by molar-refractivity contribution is 0.284. The Labute approximate surface area is 137 Å². The van der Waals surface area contributed by atoms with E-state index in [2.05, 4.69) is 19.0 Å². The number of unbranched alkanes of at least 4 members (excludes halogenated alkanes) is 2. The number of rotatable bonds is 7. The molecule has 0 atom stereocenters. The molecule has 120 valence electrons. The Balaban J connectivity index is 2.12. The van der Waals surface area contributed by atoms with Crippen LogP contribution in [0, 0.1) is 12.0 Å². The maximum atomic E-state index is 12.8. The van der Waals surface area contributed by atoms with Crippen molar-refractivity contribution in [2.24, 2.45) is 0 Å². The molecule has 0 heterocycles. The molecule has 2 aromatic rings. The highest BCUT2D eigenvalue weighted by Gasteiger charge is 2.32. The average molecular weight is 330 g/mol. The first kappa shape index (κ1) is 17.0. The van der Waals surface area contributed by atoms with Gasteiger partial charge in [0.2, 0.25) is 0 Å². The summed E-state index contributed by atoms with van der Waals surface area (Å²) in [4.78, 5) is 0. The van der Waals surface area contributed by atoms with Crippen molar-refractivity contribution in [3.8, 4) is 23.5 Å². The maximum absolute atomic E-state index is 12.8. The van der Waals surface area contributed by atoms with E-state index in [0.717, 1.165) is 12.8 Å². The summed E-state index contributed by atoms with van der Waals surface area (Å²) in [7, 11) is -3.89. The minimum atomic E-state index is -3.89. The van der Waals surface area contributed by atoms with Gasteiger partial charge in [0.15, 0.2) is 0 Å². The second-order valence-electron chi connectivity index (χ2n) is 4.73. The van der Waals surface area contributed by atoms with E-state index in [-0.39, 0.29) is 0 Å². The Morgan fingerprint density at radius 2 is 1.43 bits per heavy atom. The lowest BCUT2D eigenvalue weighted by Crippen LogP contribution is -2.02. The summed E-state index contributed by atoms with van der Waals surface area (Å²) in [6.45, 7) is 2.07. The van der Waals surface area contributed by atoms with Crippen molar-refractivity contribution in [3.63, 3.8) is 0 Å². The lowest BCUT2D eigenvalue weighted by Gasteiger charge is -2.16. The molecule has 4 nitrogen and oxygen atoms in total. The van der Waals surface area contributed by atoms with Crippen molar-refractivity contribution < 1.29 is 18.1 Å². The Bertz CT molecular complexity index is 644. The molecule has 0 N–H and O–H groups in total. The van der Waals surface area contributed by atoms with Gasteiger partial charge in [-0.05, 0) is 30.7 Å². The molecule has 23 heavy (non-hydrogen) atoms. The molecule has 0 aliphatic heterocycles. The van der Waals surface area contributed by atoms with Crippen LogP contribution >= 0.6 is 7.82 Å². The van der Waals surface area contributed by atoms with Crippen LogP contribution in [0.2, 0.25) is 0 Å². The molecule has 5 heteroatoms. The average Bonchev–Trinajstić information content (AvgIpc) is 2.56. The van der Waals surface area contributed by atoms with Gasteiger partial charge in [0.1, 0.15) is 17.6 Å². The van der Waals surface area contributed by atoms with Gasteiger partial charge in [-0.2, -0.15) is 4.57 Å². The van der Waals surface area contributed by atoms with E-state index < -0.39 is 7.82 Å². The summed E-state index contributed by atoms with van der Waals surface area (Å²) in [5.41, 5.74) is 0. The molecule has 0 aliphatic carbocycles. The molecule has 0 spiro atoms. The number of hydrogen-bond donors (Lipinski definition) is 0. The monoisotopic (exact) mass is 330 g/mol. The van der Waals surface area contributed by atoms with E-state index in [4.69, 9.17) is 13.6 Å². The van der Waals surface area contributed by atoms with Gasteiger partial charge in [-0.3, -0.25) is 0 Å². The van der Waals surface area contributed by atoms with E-state index in [1.165, 1.54) is 0 Å². The zero-order valence-electron chi connectivity index (χ0n) is 13.0. The van der Waals surface area contributed by atoms with E-state index >= 15 is 0 Å². The Morgan fingerprint density at radius 1 is 0.913 bits per heavy atom. The third-order valence-corrected chi connectivity index (χ3v) is 3.99. The third-order valence-electron chi connectivity index (χ3n) is 2.81. The molecule has 0 amide bonds. The van der Waals surface area contributed by atoms with E-state index in [0.29, 0.717) is 17.9 Å². The number of phosphoric ester groups is 1. The van der Waals surface area contributed by atoms with Gasteiger partial charge < -0.3 is 13.6 Å². The smallest absolute Gasteiger partial charge is 0.385 e. The molecular weight excluding hydrogens is 311 g/mol. The SMILES string of the molecule is CCCCC#COP(=O)(Oc1ccccc1)Oc1ccccc1. The highest BCUT2D eigenvalue weighted by atomic mass is 31.2. The Hall–Kier alpha value is -2.37. The summed E-state index contributed by atoms with van der Waals surface area (Å²) in [6.07, 6.45) is 5.11. The number of hydrogen-bond acceptors (Lipinski definition) is 4.